The zero-order valence-electron chi connectivity index (χ0n) is 12.5. The van der Waals surface area contributed by atoms with Gasteiger partial charge in [0.2, 0.25) is 0 Å². The highest BCUT2D eigenvalue weighted by Gasteiger charge is 2.47. The number of hydrogen-bond donors (Lipinski definition) is 2. The summed E-state index contributed by atoms with van der Waals surface area (Å²) >= 11 is 5.88. The molecular weight excluding hydrogens is 318 g/mol. The maximum absolute atomic E-state index is 12.5. The Hall–Kier alpha value is -2.60. The standard InChI is InChI=1S/C16H14ClN3O3/c1-9-3-6-13(18-8-9)20-15(22)16(2)14(21)19-11-7-10(17)4-5-12(11)23-16/h3-8H,1-2H3,(H,19,21)(H,18,20,22)/t16-/m0/s1. The van der Waals surface area contributed by atoms with Gasteiger partial charge in [-0.2, -0.15) is 0 Å². The first-order valence-electron chi connectivity index (χ1n) is 6.92. The predicted molar refractivity (Wildman–Crippen MR) is 86.7 cm³/mol. The molecule has 2 amide bonds. The smallest absolute Gasteiger partial charge is 0.279 e. The summed E-state index contributed by atoms with van der Waals surface area (Å²) in [5, 5.41) is 5.69. The Morgan fingerprint density at radius 2 is 2.13 bits per heavy atom. The van der Waals surface area contributed by atoms with Crippen LogP contribution in [0.4, 0.5) is 11.5 Å². The molecule has 1 aliphatic heterocycles. The SMILES string of the molecule is Cc1ccc(NC(=O)[C@@]2(C)Oc3ccc(Cl)cc3NC2=O)nc1. The zero-order valence-corrected chi connectivity index (χ0v) is 13.3. The van der Waals surface area contributed by atoms with Gasteiger partial charge in [-0.15, -0.1) is 0 Å². The molecule has 0 spiro atoms. The maximum atomic E-state index is 12.5. The highest BCUT2D eigenvalue weighted by Crippen LogP contribution is 2.35. The van der Waals surface area contributed by atoms with Gasteiger partial charge in [0.1, 0.15) is 11.6 Å². The van der Waals surface area contributed by atoms with E-state index in [2.05, 4.69) is 15.6 Å². The third-order valence-corrected chi connectivity index (χ3v) is 3.76. The largest absolute Gasteiger partial charge is 0.466 e. The Morgan fingerprint density at radius 1 is 1.35 bits per heavy atom. The van der Waals surface area contributed by atoms with Crippen LogP contribution in [0, 0.1) is 6.92 Å². The number of anilines is 2. The first-order chi connectivity index (χ1) is 10.9. The molecule has 0 unspecified atom stereocenters. The van der Waals surface area contributed by atoms with Crippen molar-refractivity contribution in [3.63, 3.8) is 0 Å². The van der Waals surface area contributed by atoms with Crippen LogP contribution >= 0.6 is 11.6 Å². The van der Waals surface area contributed by atoms with Gasteiger partial charge in [0.05, 0.1) is 5.69 Å². The summed E-state index contributed by atoms with van der Waals surface area (Å²) in [5.41, 5.74) is -0.305. The van der Waals surface area contributed by atoms with Gasteiger partial charge in [-0.05, 0) is 43.7 Å². The molecule has 118 valence electrons. The van der Waals surface area contributed by atoms with Crippen LogP contribution in [0.1, 0.15) is 12.5 Å². The Morgan fingerprint density at radius 3 is 2.83 bits per heavy atom. The normalized spacial score (nSPS) is 19.3. The van der Waals surface area contributed by atoms with E-state index >= 15 is 0 Å². The van der Waals surface area contributed by atoms with Crippen molar-refractivity contribution >= 4 is 34.9 Å². The summed E-state index contributed by atoms with van der Waals surface area (Å²) in [6, 6.07) is 8.26. The van der Waals surface area contributed by atoms with Gasteiger partial charge in [0.25, 0.3) is 17.4 Å². The molecule has 1 aliphatic rings. The van der Waals surface area contributed by atoms with Gasteiger partial charge < -0.3 is 15.4 Å². The molecule has 0 saturated carbocycles. The van der Waals surface area contributed by atoms with E-state index in [0.717, 1.165) is 5.56 Å². The number of hydrogen-bond acceptors (Lipinski definition) is 4. The molecule has 2 N–H and O–H groups in total. The average Bonchev–Trinajstić information content (AvgIpc) is 2.51. The van der Waals surface area contributed by atoms with Crippen LogP contribution in [0.2, 0.25) is 5.02 Å². The minimum absolute atomic E-state index is 0.347. The topological polar surface area (TPSA) is 80.3 Å². The van der Waals surface area contributed by atoms with E-state index in [-0.39, 0.29) is 0 Å². The van der Waals surface area contributed by atoms with E-state index in [1.807, 2.05) is 13.0 Å². The summed E-state index contributed by atoms with van der Waals surface area (Å²) in [6.45, 7) is 3.29. The molecular formula is C16H14ClN3O3. The minimum atomic E-state index is -1.70. The highest BCUT2D eigenvalue weighted by molar-refractivity contribution is 6.31. The number of aromatic nitrogens is 1. The highest BCUT2D eigenvalue weighted by atomic mass is 35.5. The van der Waals surface area contributed by atoms with Crippen molar-refractivity contribution in [2.45, 2.75) is 19.4 Å². The van der Waals surface area contributed by atoms with Crippen molar-refractivity contribution in [1.82, 2.24) is 4.98 Å². The van der Waals surface area contributed by atoms with Crippen LogP contribution in [0.5, 0.6) is 5.75 Å². The molecule has 0 radical (unpaired) electrons. The molecule has 0 aliphatic carbocycles. The van der Waals surface area contributed by atoms with Gasteiger partial charge in [-0.25, -0.2) is 4.98 Å². The van der Waals surface area contributed by atoms with Crippen molar-refractivity contribution in [3.05, 3.63) is 47.1 Å². The lowest BCUT2D eigenvalue weighted by atomic mass is 10.0. The molecule has 23 heavy (non-hydrogen) atoms. The number of ether oxygens (including phenoxy) is 1. The second-order valence-corrected chi connectivity index (χ2v) is 5.84. The fraction of sp³-hybridized carbons (Fsp3) is 0.188. The van der Waals surface area contributed by atoms with E-state index in [9.17, 15) is 9.59 Å². The number of nitrogens with zero attached hydrogens (tertiary/aromatic N) is 1. The third-order valence-electron chi connectivity index (χ3n) is 3.52. The summed E-state index contributed by atoms with van der Waals surface area (Å²) in [5.74, 6) is -0.451. The molecule has 2 heterocycles. The summed E-state index contributed by atoms with van der Waals surface area (Å²) < 4.78 is 5.63. The molecule has 1 aromatic carbocycles. The molecule has 7 heteroatoms. The van der Waals surface area contributed by atoms with Crippen LogP contribution in [0.15, 0.2) is 36.5 Å². The Bertz CT molecular complexity index is 792. The Labute approximate surface area is 137 Å². The van der Waals surface area contributed by atoms with Crippen LogP contribution < -0.4 is 15.4 Å². The van der Waals surface area contributed by atoms with Crippen LogP contribution in [-0.4, -0.2) is 22.4 Å². The maximum Gasteiger partial charge on any atom is 0.279 e. The number of aryl methyl sites for hydroxylation is 1. The van der Waals surface area contributed by atoms with Crippen molar-refractivity contribution in [2.75, 3.05) is 10.6 Å². The molecule has 0 bridgehead atoms. The van der Waals surface area contributed by atoms with Gasteiger partial charge >= 0.3 is 0 Å². The number of carbonyl (C=O) groups excluding carboxylic acids is 2. The van der Waals surface area contributed by atoms with E-state index in [1.54, 1.807) is 30.5 Å². The molecule has 2 aromatic rings. The number of rotatable bonds is 2. The number of halogens is 1. The number of amides is 2. The van der Waals surface area contributed by atoms with Crippen LogP contribution in [0.3, 0.4) is 0 Å². The zero-order chi connectivity index (χ0) is 16.6. The van der Waals surface area contributed by atoms with Crippen LogP contribution in [-0.2, 0) is 9.59 Å². The lowest BCUT2D eigenvalue weighted by molar-refractivity contribution is -0.143. The molecule has 3 rings (SSSR count). The quantitative estimate of drug-likeness (QED) is 0.829. The lowest BCUT2D eigenvalue weighted by Crippen LogP contribution is -2.56. The average molecular weight is 332 g/mol. The van der Waals surface area contributed by atoms with E-state index < -0.39 is 17.4 Å². The minimum Gasteiger partial charge on any atom is -0.466 e. The summed E-state index contributed by atoms with van der Waals surface area (Å²) in [6.07, 6.45) is 1.62. The third kappa shape index (κ3) is 2.85. The fourth-order valence-electron chi connectivity index (χ4n) is 2.12. The number of nitrogens with one attached hydrogen (secondary N) is 2. The van der Waals surface area contributed by atoms with Crippen molar-refractivity contribution in [3.8, 4) is 5.75 Å². The molecule has 6 nitrogen and oxygen atoms in total. The van der Waals surface area contributed by atoms with Gasteiger partial charge in [0.15, 0.2) is 0 Å². The van der Waals surface area contributed by atoms with Crippen molar-refractivity contribution < 1.29 is 14.3 Å². The second kappa shape index (κ2) is 5.55. The van der Waals surface area contributed by atoms with E-state index in [0.29, 0.717) is 22.3 Å². The Kier molecular flexibility index (Phi) is 3.69. The summed E-state index contributed by atoms with van der Waals surface area (Å²) in [4.78, 5) is 28.9. The number of carbonyl (C=O) groups is 2. The number of benzene rings is 1. The van der Waals surface area contributed by atoms with E-state index in [4.69, 9.17) is 16.3 Å². The van der Waals surface area contributed by atoms with Crippen molar-refractivity contribution in [1.29, 1.82) is 0 Å². The predicted octanol–water partition coefficient (Wildman–Crippen LogP) is 2.77. The van der Waals surface area contributed by atoms with Gasteiger partial charge in [-0.1, -0.05) is 17.7 Å². The van der Waals surface area contributed by atoms with Crippen LogP contribution in [0.25, 0.3) is 0 Å². The molecule has 0 fully saturated rings. The Balaban J connectivity index is 1.85. The lowest BCUT2D eigenvalue weighted by Gasteiger charge is -2.33. The van der Waals surface area contributed by atoms with Gasteiger partial charge in [-0.3, -0.25) is 9.59 Å². The number of pyridine rings is 1. The fourth-order valence-corrected chi connectivity index (χ4v) is 2.30. The van der Waals surface area contributed by atoms with Gasteiger partial charge in [0, 0.05) is 11.2 Å². The van der Waals surface area contributed by atoms with E-state index in [1.165, 1.54) is 6.92 Å². The first kappa shape index (κ1) is 15.3. The summed E-state index contributed by atoms with van der Waals surface area (Å²) in [7, 11) is 0. The molecule has 1 aromatic heterocycles. The first-order valence-corrected chi connectivity index (χ1v) is 7.30. The van der Waals surface area contributed by atoms with Crippen molar-refractivity contribution in [2.24, 2.45) is 0 Å². The second-order valence-electron chi connectivity index (χ2n) is 5.40. The molecule has 1 atom stereocenters. The number of fused-ring (bicyclic) bond motifs is 1. The monoisotopic (exact) mass is 331 g/mol. The molecule has 0 saturated heterocycles.